The number of carbonyl (C=O) groups excluding carboxylic acids is 1. The molecule has 1 aromatic heterocycles. The van der Waals surface area contributed by atoms with Crippen LogP contribution in [-0.2, 0) is 11.2 Å². The van der Waals surface area contributed by atoms with Crippen molar-refractivity contribution in [2.24, 2.45) is 0 Å². The summed E-state index contributed by atoms with van der Waals surface area (Å²) in [5.41, 5.74) is 1.28. The van der Waals surface area contributed by atoms with E-state index in [2.05, 4.69) is 15.3 Å². The third-order valence-electron chi connectivity index (χ3n) is 3.76. The van der Waals surface area contributed by atoms with Crippen LogP contribution in [0.1, 0.15) is 42.0 Å². The van der Waals surface area contributed by atoms with Gasteiger partial charge in [-0.05, 0) is 44.9 Å². The van der Waals surface area contributed by atoms with E-state index in [-0.39, 0.29) is 24.3 Å². The fourth-order valence-electron chi connectivity index (χ4n) is 2.46. The molecule has 2 aromatic rings. The molecule has 0 spiro atoms. The smallest absolute Gasteiger partial charge is 0.254 e. The van der Waals surface area contributed by atoms with E-state index in [4.69, 9.17) is 0 Å². The number of carbonyl (C=O) groups is 1. The van der Waals surface area contributed by atoms with Gasteiger partial charge in [-0.25, -0.2) is 13.8 Å². The molecule has 0 radical (unpaired) electrons. The summed E-state index contributed by atoms with van der Waals surface area (Å²) >= 11 is 0. The number of hydrogen-bond acceptors (Lipinski definition) is 3. The van der Waals surface area contributed by atoms with E-state index in [1.54, 1.807) is 20.8 Å². The standard InChI is InChI=1S/C17H19F2N3O2/c1-9(12-4-6-14(18)15(19)8-12)21-16(23)7-5-13-10(2)20-11(3)22-17(13)24/h4,6,8-9H,5,7H2,1-3H3,(H,21,23)(H,20,22,24). The zero-order chi connectivity index (χ0) is 17.9. The van der Waals surface area contributed by atoms with Crippen LogP contribution in [0.5, 0.6) is 0 Å². The zero-order valence-electron chi connectivity index (χ0n) is 13.7. The molecule has 1 atom stereocenters. The van der Waals surface area contributed by atoms with Crippen molar-refractivity contribution in [1.29, 1.82) is 0 Å². The highest BCUT2D eigenvalue weighted by atomic mass is 19.2. The molecule has 0 bridgehead atoms. The van der Waals surface area contributed by atoms with E-state index in [1.165, 1.54) is 6.07 Å². The highest BCUT2D eigenvalue weighted by Crippen LogP contribution is 2.16. The van der Waals surface area contributed by atoms with Crippen LogP contribution < -0.4 is 10.9 Å². The molecule has 0 aliphatic heterocycles. The average molecular weight is 335 g/mol. The Kier molecular flexibility index (Phi) is 5.43. The maximum Gasteiger partial charge on any atom is 0.254 e. The number of halogens is 2. The number of benzene rings is 1. The van der Waals surface area contributed by atoms with Crippen molar-refractivity contribution in [3.8, 4) is 0 Å². The lowest BCUT2D eigenvalue weighted by Crippen LogP contribution is -2.28. The fourth-order valence-corrected chi connectivity index (χ4v) is 2.46. The number of nitrogens with one attached hydrogen (secondary N) is 2. The molecular weight excluding hydrogens is 316 g/mol. The predicted molar refractivity (Wildman–Crippen MR) is 85.6 cm³/mol. The fraction of sp³-hybridized carbons (Fsp3) is 0.353. The first-order valence-electron chi connectivity index (χ1n) is 7.58. The van der Waals surface area contributed by atoms with Gasteiger partial charge in [-0.3, -0.25) is 9.59 Å². The molecule has 2 rings (SSSR count). The minimum absolute atomic E-state index is 0.0999. The van der Waals surface area contributed by atoms with Crippen molar-refractivity contribution in [1.82, 2.24) is 15.3 Å². The molecule has 0 fully saturated rings. The van der Waals surface area contributed by atoms with E-state index < -0.39 is 17.7 Å². The second-order valence-corrected chi connectivity index (χ2v) is 5.68. The van der Waals surface area contributed by atoms with Gasteiger partial charge in [0.1, 0.15) is 5.82 Å². The molecular formula is C17H19F2N3O2. The second kappa shape index (κ2) is 7.33. The van der Waals surface area contributed by atoms with Gasteiger partial charge in [0.25, 0.3) is 5.56 Å². The quantitative estimate of drug-likeness (QED) is 0.881. The van der Waals surface area contributed by atoms with Crippen LogP contribution in [0.15, 0.2) is 23.0 Å². The van der Waals surface area contributed by atoms with Gasteiger partial charge in [-0.15, -0.1) is 0 Å². The molecule has 0 aliphatic carbocycles. The topological polar surface area (TPSA) is 74.8 Å². The Bertz CT molecular complexity index is 818. The number of rotatable bonds is 5. The van der Waals surface area contributed by atoms with Crippen LogP contribution >= 0.6 is 0 Å². The monoisotopic (exact) mass is 335 g/mol. The van der Waals surface area contributed by atoms with Gasteiger partial charge in [0.2, 0.25) is 5.91 Å². The first kappa shape index (κ1) is 17.8. The molecule has 0 aliphatic rings. The number of aryl methyl sites for hydroxylation is 2. The van der Waals surface area contributed by atoms with Crippen molar-refractivity contribution in [3.05, 3.63) is 62.8 Å². The van der Waals surface area contributed by atoms with E-state index in [1.807, 2.05) is 0 Å². The minimum Gasteiger partial charge on any atom is -0.350 e. The molecule has 0 saturated heterocycles. The minimum atomic E-state index is -0.957. The Balaban J connectivity index is 1.98. The number of hydrogen-bond donors (Lipinski definition) is 2. The first-order valence-corrected chi connectivity index (χ1v) is 7.58. The highest BCUT2D eigenvalue weighted by molar-refractivity contribution is 5.76. The molecule has 7 heteroatoms. The van der Waals surface area contributed by atoms with Crippen molar-refractivity contribution in [2.45, 2.75) is 39.7 Å². The number of amides is 1. The van der Waals surface area contributed by atoms with Crippen LogP contribution in [-0.4, -0.2) is 15.9 Å². The summed E-state index contributed by atoms with van der Waals surface area (Å²) in [4.78, 5) is 30.7. The van der Waals surface area contributed by atoms with Crippen LogP contribution in [0, 0.1) is 25.5 Å². The highest BCUT2D eigenvalue weighted by Gasteiger charge is 2.14. The van der Waals surface area contributed by atoms with Gasteiger partial charge in [-0.2, -0.15) is 0 Å². The molecule has 2 N–H and O–H groups in total. The summed E-state index contributed by atoms with van der Waals surface area (Å²) in [6.45, 7) is 5.09. The molecule has 1 aromatic carbocycles. The molecule has 24 heavy (non-hydrogen) atoms. The maximum absolute atomic E-state index is 13.2. The normalized spacial score (nSPS) is 12.0. The zero-order valence-corrected chi connectivity index (χ0v) is 13.7. The number of nitrogens with zero attached hydrogens (tertiary/aromatic N) is 1. The largest absolute Gasteiger partial charge is 0.350 e. The Morgan fingerprint density at radius 3 is 2.62 bits per heavy atom. The molecule has 0 saturated carbocycles. The summed E-state index contributed by atoms with van der Waals surface area (Å²) in [7, 11) is 0. The third-order valence-corrected chi connectivity index (χ3v) is 3.76. The van der Waals surface area contributed by atoms with Crippen molar-refractivity contribution in [3.63, 3.8) is 0 Å². The lowest BCUT2D eigenvalue weighted by molar-refractivity contribution is -0.121. The molecule has 1 heterocycles. The molecule has 128 valence electrons. The van der Waals surface area contributed by atoms with Gasteiger partial charge < -0.3 is 10.3 Å². The van der Waals surface area contributed by atoms with Gasteiger partial charge in [0, 0.05) is 17.7 Å². The summed E-state index contributed by atoms with van der Waals surface area (Å²) in [6.07, 6.45) is 0.355. The van der Waals surface area contributed by atoms with E-state index >= 15 is 0 Å². The average Bonchev–Trinajstić information content (AvgIpc) is 2.48. The number of H-pyrrole nitrogens is 1. The SMILES string of the molecule is Cc1nc(C)c(CCC(=O)NC(C)c2ccc(F)c(F)c2)c(=O)[nH]1. The summed E-state index contributed by atoms with van der Waals surface area (Å²) in [5.74, 6) is -1.65. The van der Waals surface area contributed by atoms with Crippen LogP contribution in [0.3, 0.4) is 0 Å². The van der Waals surface area contributed by atoms with Crippen molar-refractivity contribution >= 4 is 5.91 Å². The number of aromatic nitrogens is 2. The summed E-state index contributed by atoms with van der Waals surface area (Å²) in [6, 6.07) is 3.03. The Hall–Kier alpha value is -2.57. The molecule has 5 nitrogen and oxygen atoms in total. The van der Waals surface area contributed by atoms with E-state index in [0.717, 1.165) is 12.1 Å². The van der Waals surface area contributed by atoms with Gasteiger partial charge >= 0.3 is 0 Å². The van der Waals surface area contributed by atoms with Gasteiger partial charge in [-0.1, -0.05) is 6.07 Å². The Labute approximate surface area is 138 Å². The first-order chi connectivity index (χ1) is 11.3. The van der Waals surface area contributed by atoms with Crippen LogP contribution in [0.2, 0.25) is 0 Å². The number of aromatic amines is 1. The van der Waals surface area contributed by atoms with Gasteiger partial charge in [0.15, 0.2) is 11.6 Å². The van der Waals surface area contributed by atoms with Crippen molar-refractivity contribution in [2.75, 3.05) is 0 Å². The Morgan fingerprint density at radius 1 is 1.29 bits per heavy atom. The summed E-state index contributed by atoms with van der Waals surface area (Å²) < 4.78 is 26.2. The van der Waals surface area contributed by atoms with Crippen molar-refractivity contribution < 1.29 is 13.6 Å². The molecule has 1 amide bonds. The van der Waals surface area contributed by atoms with Crippen LogP contribution in [0.25, 0.3) is 0 Å². The second-order valence-electron chi connectivity index (χ2n) is 5.68. The van der Waals surface area contributed by atoms with Crippen LogP contribution in [0.4, 0.5) is 8.78 Å². The lowest BCUT2D eigenvalue weighted by atomic mass is 10.1. The predicted octanol–water partition coefficient (Wildman–Crippen LogP) is 2.47. The summed E-state index contributed by atoms with van der Waals surface area (Å²) in [5, 5.41) is 2.70. The molecule has 1 unspecified atom stereocenters. The van der Waals surface area contributed by atoms with E-state index in [0.29, 0.717) is 22.6 Å². The van der Waals surface area contributed by atoms with E-state index in [9.17, 15) is 18.4 Å². The van der Waals surface area contributed by atoms with Gasteiger partial charge in [0.05, 0.1) is 6.04 Å². The Morgan fingerprint density at radius 2 is 2.00 bits per heavy atom. The maximum atomic E-state index is 13.2. The third kappa shape index (κ3) is 4.24. The lowest BCUT2D eigenvalue weighted by Gasteiger charge is -2.14.